The van der Waals surface area contributed by atoms with Crippen LogP contribution in [0.15, 0.2) is 30.3 Å². The van der Waals surface area contributed by atoms with Crippen molar-refractivity contribution in [3.05, 3.63) is 48.3 Å². The minimum atomic E-state index is -0.216. The molecule has 0 bridgehead atoms. The number of allylic oxidation sites excluding steroid dienone is 1. The van der Waals surface area contributed by atoms with E-state index in [9.17, 15) is 4.39 Å². The van der Waals surface area contributed by atoms with Crippen molar-refractivity contribution in [3.63, 3.8) is 0 Å². The quantitative estimate of drug-likeness (QED) is 0.628. The molecule has 1 heteroatoms. The Hall–Kier alpha value is -1.11. The predicted molar refractivity (Wildman–Crippen MR) is 48.3 cm³/mol. The lowest BCUT2D eigenvalue weighted by molar-refractivity contribution is 0.620. The Bertz CT molecular complexity index is 270. The predicted octanol–water partition coefficient (Wildman–Crippen LogP) is 3.09. The summed E-state index contributed by atoms with van der Waals surface area (Å²) in [6.07, 6.45) is 1.61. The topological polar surface area (TPSA) is 0 Å². The van der Waals surface area contributed by atoms with Crippen LogP contribution in [0.25, 0.3) is 0 Å². The lowest BCUT2D eigenvalue weighted by atomic mass is 9.85. The van der Waals surface area contributed by atoms with Gasteiger partial charge in [0.25, 0.3) is 0 Å². The lowest BCUT2D eigenvalue weighted by Crippen LogP contribution is -2.12. The highest BCUT2D eigenvalue weighted by atomic mass is 19.1. The molecule has 0 aliphatic rings. The van der Waals surface area contributed by atoms with E-state index in [0.717, 1.165) is 5.56 Å². The van der Waals surface area contributed by atoms with Gasteiger partial charge in [0.05, 0.1) is 0 Å². The van der Waals surface area contributed by atoms with Crippen LogP contribution in [0.1, 0.15) is 19.4 Å². The number of hydrogen-bond donors (Lipinski definition) is 0. The minimum Gasteiger partial charge on any atom is -0.207 e. The van der Waals surface area contributed by atoms with Gasteiger partial charge in [-0.05, 0) is 17.7 Å². The van der Waals surface area contributed by atoms with E-state index in [4.69, 9.17) is 6.58 Å². The van der Waals surface area contributed by atoms with Crippen LogP contribution in [-0.2, 0) is 5.41 Å². The highest BCUT2D eigenvalue weighted by Crippen LogP contribution is 2.23. The highest BCUT2D eigenvalue weighted by molar-refractivity contribution is 5.27. The zero-order valence-corrected chi connectivity index (χ0v) is 7.34. The van der Waals surface area contributed by atoms with E-state index in [2.05, 4.69) is 0 Å². The first-order valence-corrected chi connectivity index (χ1v) is 3.88. The molecule has 1 rings (SSSR count). The fourth-order valence-electron chi connectivity index (χ4n) is 0.976. The second-order valence-electron chi connectivity index (χ2n) is 3.40. The minimum absolute atomic E-state index is 0.187. The average Bonchev–Trinajstić information content (AvgIpc) is 2.05. The van der Waals surface area contributed by atoms with E-state index >= 15 is 0 Å². The molecule has 1 aromatic carbocycles. The Morgan fingerprint density at radius 2 is 1.75 bits per heavy atom. The van der Waals surface area contributed by atoms with Crippen LogP contribution in [0.3, 0.4) is 0 Å². The number of hydrogen-bond acceptors (Lipinski definition) is 0. The molecule has 63 valence electrons. The van der Waals surface area contributed by atoms with E-state index in [1.54, 1.807) is 18.2 Å². The standard InChI is InChI=1S/C11H12F/c1-4-11(2,3)9-5-7-10(12)8-6-9/h1,4-8H,2-3H3. The molecule has 0 aromatic heterocycles. The van der Waals surface area contributed by atoms with Crippen molar-refractivity contribution in [1.29, 1.82) is 0 Å². The lowest BCUT2D eigenvalue weighted by Gasteiger charge is -2.19. The number of benzene rings is 1. The van der Waals surface area contributed by atoms with Crippen LogP contribution in [0.2, 0.25) is 0 Å². The van der Waals surface area contributed by atoms with Gasteiger partial charge in [0.2, 0.25) is 0 Å². The van der Waals surface area contributed by atoms with Gasteiger partial charge in [-0.3, -0.25) is 0 Å². The Morgan fingerprint density at radius 1 is 1.25 bits per heavy atom. The number of rotatable bonds is 2. The van der Waals surface area contributed by atoms with Gasteiger partial charge in [0.15, 0.2) is 0 Å². The maximum absolute atomic E-state index is 12.5. The maximum atomic E-state index is 12.5. The summed E-state index contributed by atoms with van der Waals surface area (Å²) in [6, 6.07) is 6.39. The molecule has 0 spiro atoms. The monoisotopic (exact) mass is 163 g/mol. The molecule has 0 nitrogen and oxygen atoms in total. The summed E-state index contributed by atoms with van der Waals surface area (Å²) < 4.78 is 12.5. The van der Waals surface area contributed by atoms with E-state index < -0.39 is 0 Å². The summed E-state index contributed by atoms with van der Waals surface area (Å²) in [6.45, 7) is 9.43. The van der Waals surface area contributed by atoms with Crippen molar-refractivity contribution in [1.82, 2.24) is 0 Å². The second kappa shape index (κ2) is 3.10. The largest absolute Gasteiger partial charge is 0.207 e. The molecule has 0 aliphatic heterocycles. The Morgan fingerprint density at radius 3 is 2.17 bits per heavy atom. The third kappa shape index (κ3) is 1.73. The van der Waals surface area contributed by atoms with E-state index in [-0.39, 0.29) is 11.2 Å². The van der Waals surface area contributed by atoms with Gasteiger partial charge in [-0.15, -0.1) is 0 Å². The molecule has 0 heterocycles. The summed E-state index contributed by atoms with van der Waals surface area (Å²) in [7, 11) is 0. The molecule has 0 atom stereocenters. The first-order valence-electron chi connectivity index (χ1n) is 3.88. The van der Waals surface area contributed by atoms with Crippen LogP contribution < -0.4 is 0 Å². The first kappa shape index (κ1) is 8.98. The summed E-state index contributed by atoms with van der Waals surface area (Å²) >= 11 is 0. The maximum Gasteiger partial charge on any atom is 0.123 e. The van der Waals surface area contributed by atoms with Crippen molar-refractivity contribution >= 4 is 0 Å². The van der Waals surface area contributed by atoms with E-state index in [1.807, 2.05) is 13.8 Å². The van der Waals surface area contributed by atoms with Crippen molar-refractivity contribution in [3.8, 4) is 0 Å². The zero-order valence-electron chi connectivity index (χ0n) is 7.34. The Kier molecular flexibility index (Phi) is 2.32. The van der Waals surface area contributed by atoms with Crippen LogP contribution >= 0.6 is 0 Å². The number of halogens is 1. The van der Waals surface area contributed by atoms with Crippen LogP contribution in [0.5, 0.6) is 0 Å². The fourth-order valence-corrected chi connectivity index (χ4v) is 0.976. The van der Waals surface area contributed by atoms with Crippen molar-refractivity contribution in [2.75, 3.05) is 0 Å². The summed E-state index contributed by atoms with van der Waals surface area (Å²) in [4.78, 5) is 0. The first-order chi connectivity index (χ1) is 5.56. The van der Waals surface area contributed by atoms with Crippen LogP contribution in [-0.4, -0.2) is 0 Å². The molecule has 0 saturated heterocycles. The van der Waals surface area contributed by atoms with Gasteiger partial charge in [0.1, 0.15) is 5.82 Å². The molecule has 0 N–H and O–H groups in total. The van der Waals surface area contributed by atoms with Crippen LogP contribution in [0, 0.1) is 12.4 Å². The molecular weight excluding hydrogens is 151 g/mol. The third-order valence-electron chi connectivity index (χ3n) is 2.00. The highest BCUT2D eigenvalue weighted by Gasteiger charge is 2.15. The van der Waals surface area contributed by atoms with Gasteiger partial charge in [-0.1, -0.05) is 38.6 Å². The Balaban J connectivity index is 3.04. The molecule has 1 aromatic rings. The van der Waals surface area contributed by atoms with Crippen molar-refractivity contribution in [2.45, 2.75) is 19.3 Å². The normalized spacial score (nSPS) is 11.2. The molecule has 0 unspecified atom stereocenters. The molecule has 0 saturated carbocycles. The smallest absolute Gasteiger partial charge is 0.123 e. The van der Waals surface area contributed by atoms with E-state index in [1.165, 1.54) is 12.1 Å². The Labute approximate surface area is 72.7 Å². The van der Waals surface area contributed by atoms with Gasteiger partial charge < -0.3 is 0 Å². The van der Waals surface area contributed by atoms with Gasteiger partial charge in [0, 0.05) is 5.41 Å². The molecule has 1 radical (unpaired) electrons. The SMILES string of the molecule is [CH]=CC(C)(C)c1ccc(F)cc1. The van der Waals surface area contributed by atoms with Crippen LogP contribution in [0.4, 0.5) is 4.39 Å². The third-order valence-corrected chi connectivity index (χ3v) is 2.00. The summed E-state index contributed by atoms with van der Waals surface area (Å²) in [5.74, 6) is -0.216. The van der Waals surface area contributed by atoms with Crippen molar-refractivity contribution in [2.24, 2.45) is 0 Å². The van der Waals surface area contributed by atoms with E-state index in [0.29, 0.717) is 0 Å². The van der Waals surface area contributed by atoms with Gasteiger partial charge in [-0.25, -0.2) is 4.39 Å². The summed E-state index contributed by atoms with van der Waals surface area (Å²) in [5.41, 5.74) is 0.833. The molecule has 0 aliphatic carbocycles. The summed E-state index contributed by atoms with van der Waals surface area (Å²) in [5, 5.41) is 0. The molecule has 0 amide bonds. The molecule has 12 heavy (non-hydrogen) atoms. The average molecular weight is 163 g/mol. The molecule has 0 fully saturated rings. The fraction of sp³-hybridized carbons (Fsp3) is 0.273. The molecular formula is C11H12F. The second-order valence-corrected chi connectivity index (χ2v) is 3.40. The van der Waals surface area contributed by atoms with Gasteiger partial charge in [-0.2, -0.15) is 0 Å². The van der Waals surface area contributed by atoms with Crippen molar-refractivity contribution < 1.29 is 4.39 Å². The van der Waals surface area contributed by atoms with Gasteiger partial charge >= 0.3 is 0 Å². The zero-order chi connectivity index (χ0) is 9.19.